The first kappa shape index (κ1) is 22.7. The largest absolute Gasteiger partial charge is 0.493 e. The predicted molar refractivity (Wildman–Crippen MR) is 107 cm³/mol. The van der Waals surface area contributed by atoms with Crippen LogP contribution in [0.3, 0.4) is 0 Å². The summed E-state index contributed by atoms with van der Waals surface area (Å²) in [6, 6.07) is 3.68. The van der Waals surface area contributed by atoms with Crippen LogP contribution in [0, 0.1) is 20.8 Å². The summed E-state index contributed by atoms with van der Waals surface area (Å²) < 4.78 is 42.7. The number of amides is 1. The Morgan fingerprint density at radius 2 is 1.79 bits per heavy atom. The number of rotatable bonds is 9. The number of sulfonamides is 1. The van der Waals surface area contributed by atoms with Crippen molar-refractivity contribution in [3.05, 3.63) is 34.7 Å². The number of hydrogen-bond acceptors (Lipinski definition) is 7. The first-order chi connectivity index (χ1) is 13.6. The predicted octanol–water partition coefficient (Wildman–Crippen LogP) is 1.94. The molecule has 0 radical (unpaired) electrons. The lowest BCUT2D eigenvalue weighted by Gasteiger charge is -2.20. The highest BCUT2D eigenvalue weighted by atomic mass is 32.2. The molecule has 0 aliphatic heterocycles. The van der Waals surface area contributed by atoms with Crippen molar-refractivity contribution in [1.29, 1.82) is 0 Å². The van der Waals surface area contributed by atoms with Gasteiger partial charge in [-0.3, -0.25) is 4.79 Å². The number of benzene rings is 1. The highest BCUT2D eigenvalue weighted by molar-refractivity contribution is 7.89. The molecule has 0 bridgehead atoms. The van der Waals surface area contributed by atoms with E-state index < -0.39 is 10.0 Å². The number of hydrogen-bond donors (Lipinski definition) is 1. The van der Waals surface area contributed by atoms with E-state index in [1.54, 1.807) is 33.1 Å². The summed E-state index contributed by atoms with van der Waals surface area (Å²) in [5, 5.41) is 3.65. The quantitative estimate of drug-likeness (QED) is 0.653. The van der Waals surface area contributed by atoms with Crippen LogP contribution in [0.25, 0.3) is 0 Å². The van der Waals surface area contributed by atoms with E-state index in [2.05, 4.69) is 9.88 Å². The lowest BCUT2D eigenvalue weighted by Crippen LogP contribution is -2.32. The Hall–Kier alpha value is -2.59. The van der Waals surface area contributed by atoms with Crippen LogP contribution in [-0.4, -0.2) is 52.2 Å². The molecule has 0 fully saturated rings. The van der Waals surface area contributed by atoms with Crippen LogP contribution in [0.5, 0.6) is 11.5 Å². The van der Waals surface area contributed by atoms with Crippen molar-refractivity contribution in [3.8, 4) is 11.5 Å². The molecule has 29 heavy (non-hydrogen) atoms. The third-order valence-corrected chi connectivity index (χ3v) is 6.25. The normalized spacial score (nSPS) is 11.4. The van der Waals surface area contributed by atoms with Crippen molar-refractivity contribution in [2.45, 2.75) is 38.6 Å². The summed E-state index contributed by atoms with van der Waals surface area (Å²) in [6.45, 7) is 5.34. The highest BCUT2D eigenvalue weighted by Crippen LogP contribution is 2.30. The molecule has 0 spiro atoms. The molecule has 10 heteroatoms. The lowest BCUT2D eigenvalue weighted by atomic mass is 10.1. The average molecular weight is 426 g/mol. The van der Waals surface area contributed by atoms with Gasteiger partial charge in [0.05, 0.1) is 14.2 Å². The van der Waals surface area contributed by atoms with Crippen LogP contribution >= 0.6 is 0 Å². The molecule has 2 rings (SSSR count). The van der Waals surface area contributed by atoms with E-state index in [4.69, 9.17) is 14.0 Å². The van der Waals surface area contributed by atoms with Crippen molar-refractivity contribution in [2.24, 2.45) is 0 Å². The zero-order valence-electron chi connectivity index (χ0n) is 17.5. The lowest BCUT2D eigenvalue weighted by molar-refractivity contribution is -0.130. The van der Waals surface area contributed by atoms with Gasteiger partial charge in [-0.1, -0.05) is 5.16 Å². The summed E-state index contributed by atoms with van der Waals surface area (Å²) in [4.78, 5) is 14.0. The minimum absolute atomic E-state index is 0.0132. The van der Waals surface area contributed by atoms with Gasteiger partial charge in [0.15, 0.2) is 17.3 Å². The summed E-state index contributed by atoms with van der Waals surface area (Å²) in [6.07, 6.45) is 0.0193. The zero-order valence-corrected chi connectivity index (χ0v) is 18.3. The molecule has 1 aromatic carbocycles. The number of aryl methyl sites for hydroxylation is 3. The Morgan fingerprint density at radius 1 is 1.17 bits per heavy atom. The molecule has 0 saturated carbocycles. The molecular weight excluding hydrogens is 398 g/mol. The third-order valence-electron chi connectivity index (χ3n) is 4.54. The molecule has 0 atom stereocenters. The number of aromatic nitrogens is 1. The van der Waals surface area contributed by atoms with E-state index in [0.717, 1.165) is 11.1 Å². The Kier molecular flexibility index (Phi) is 7.26. The van der Waals surface area contributed by atoms with Gasteiger partial charge in [0, 0.05) is 26.6 Å². The minimum atomic E-state index is -3.79. The van der Waals surface area contributed by atoms with Crippen LogP contribution in [0.2, 0.25) is 0 Å². The number of ether oxygens (including phenoxy) is 2. The van der Waals surface area contributed by atoms with E-state index >= 15 is 0 Å². The van der Waals surface area contributed by atoms with Crippen molar-refractivity contribution in [3.63, 3.8) is 0 Å². The van der Waals surface area contributed by atoms with Crippen LogP contribution in [0.4, 0.5) is 0 Å². The van der Waals surface area contributed by atoms with Gasteiger partial charge < -0.3 is 18.9 Å². The van der Waals surface area contributed by atoms with Gasteiger partial charge in [0.1, 0.15) is 10.6 Å². The number of methoxy groups -OCH3 is 2. The Balaban J connectivity index is 1.98. The van der Waals surface area contributed by atoms with Crippen LogP contribution in [0.1, 0.15) is 29.0 Å². The van der Waals surface area contributed by atoms with Gasteiger partial charge in [0.2, 0.25) is 15.9 Å². The monoisotopic (exact) mass is 425 g/mol. The van der Waals surface area contributed by atoms with E-state index in [0.29, 0.717) is 18.0 Å². The van der Waals surface area contributed by atoms with Crippen molar-refractivity contribution >= 4 is 15.9 Å². The van der Waals surface area contributed by atoms with Gasteiger partial charge in [-0.25, -0.2) is 13.1 Å². The van der Waals surface area contributed by atoms with Gasteiger partial charge >= 0.3 is 0 Å². The zero-order chi connectivity index (χ0) is 21.8. The Morgan fingerprint density at radius 3 is 2.34 bits per heavy atom. The highest BCUT2D eigenvalue weighted by Gasteiger charge is 2.24. The summed E-state index contributed by atoms with van der Waals surface area (Å²) in [7, 11) is 0.997. The van der Waals surface area contributed by atoms with Gasteiger partial charge in [-0.15, -0.1) is 0 Å². The van der Waals surface area contributed by atoms with Gasteiger partial charge in [-0.05, 0) is 44.0 Å². The fourth-order valence-corrected chi connectivity index (χ4v) is 4.31. The second-order valence-electron chi connectivity index (χ2n) is 6.68. The molecule has 9 nitrogen and oxygen atoms in total. The minimum Gasteiger partial charge on any atom is -0.493 e. The van der Waals surface area contributed by atoms with E-state index in [1.165, 1.54) is 6.92 Å². The summed E-state index contributed by atoms with van der Waals surface area (Å²) in [5.41, 5.74) is 2.15. The third kappa shape index (κ3) is 5.27. The molecule has 1 amide bonds. The summed E-state index contributed by atoms with van der Waals surface area (Å²) in [5.74, 6) is 1.22. The first-order valence-corrected chi connectivity index (χ1v) is 10.5. The molecule has 0 unspecified atom stereocenters. The van der Waals surface area contributed by atoms with Gasteiger partial charge in [-0.2, -0.15) is 0 Å². The van der Waals surface area contributed by atoms with E-state index in [-0.39, 0.29) is 35.2 Å². The second kappa shape index (κ2) is 9.27. The Labute approximate surface area is 171 Å². The average Bonchev–Trinajstić information content (AvgIpc) is 3.01. The standard InChI is InChI=1S/C19H27N3O6S/c1-12-9-16(26-5)17(27-6)10-15(12)11-22(4)18(23)7-8-20-29(24,25)19-13(2)21-28-14(19)3/h9-10,20H,7-8,11H2,1-6H3. The maximum atomic E-state index is 12.4. The SMILES string of the molecule is COc1cc(C)c(CN(C)C(=O)CCNS(=O)(=O)c2c(C)noc2C)cc1OC. The number of carbonyl (C=O) groups is 1. The van der Waals surface area contributed by atoms with Crippen molar-refractivity contribution in [2.75, 3.05) is 27.8 Å². The van der Waals surface area contributed by atoms with E-state index in [9.17, 15) is 13.2 Å². The molecule has 1 aromatic heterocycles. The maximum Gasteiger partial charge on any atom is 0.245 e. The molecule has 0 aliphatic carbocycles. The van der Waals surface area contributed by atoms with Crippen LogP contribution in [0.15, 0.2) is 21.6 Å². The fraction of sp³-hybridized carbons (Fsp3) is 0.474. The molecule has 2 aromatic rings. The molecule has 0 saturated heterocycles. The smallest absolute Gasteiger partial charge is 0.245 e. The molecule has 0 aliphatic rings. The van der Waals surface area contributed by atoms with Crippen LogP contribution < -0.4 is 14.2 Å². The first-order valence-electron chi connectivity index (χ1n) is 8.98. The van der Waals surface area contributed by atoms with Gasteiger partial charge in [0.25, 0.3) is 0 Å². The maximum absolute atomic E-state index is 12.4. The topological polar surface area (TPSA) is 111 Å². The number of nitrogens with zero attached hydrogens (tertiary/aromatic N) is 2. The summed E-state index contributed by atoms with van der Waals surface area (Å²) >= 11 is 0. The molecule has 1 N–H and O–H groups in total. The van der Waals surface area contributed by atoms with Crippen LogP contribution in [-0.2, 0) is 21.4 Å². The number of nitrogens with one attached hydrogen (secondary N) is 1. The van der Waals surface area contributed by atoms with Crippen molar-refractivity contribution < 1.29 is 27.2 Å². The molecule has 160 valence electrons. The van der Waals surface area contributed by atoms with Crippen molar-refractivity contribution in [1.82, 2.24) is 14.8 Å². The molecular formula is C19H27N3O6S. The fourth-order valence-electron chi connectivity index (χ4n) is 2.95. The van der Waals surface area contributed by atoms with E-state index in [1.807, 2.05) is 19.1 Å². The Bertz CT molecular complexity index is 965. The second-order valence-corrected chi connectivity index (χ2v) is 8.39. The number of carbonyl (C=O) groups excluding carboxylic acids is 1. The molecule has 1 heterocycles.